The molecule has 0 spiro atoms. The average Bonchev–Trinajstić information content (AvgIpc) is 3.06. The smallest absolute Gasteiger partial charge is 0.359 e. The van der Waals surface area contributed by atoms with Crippen LogP contribution in [0, 0.1) is 24.0 Å². The van der Waals surface area contributed by atoms with Crippen molar-refractivity contribution in [1.82, 2.24) is 14.8 Å². The number of rotatable bonds is 6. The molecule has 160 valence electrons. The summed E-state index contributed by atoms with van der Waals surface area (Å²) in [5.41, 5.74) is 1.45. The fourth-order valence-electron chi connectivity index (χ4n) is 2.76. The number of esters is 1. The number of hydrogen-bond acceptors (Lipinski definition) is 7. The largest absolute Gasteiger partial charge is 0.448 e. The number of amides is 1. The Balaban J connectivity index is 1.74. The molecule has 0 saturated carbocycles. The highest BCUT2D eigenvalue weighted by Gasteiger charge is 2.23. The number of ether oxygens (including phenoxy) is 1. The van der Waals surface area contributed by atoms with E-state index in [1.807, 2.05) is 19.9 Å². The number of carbonyl (C=O) groups is 2. The molecule has 0 aliphatic rings. The van der Waals surface area contributed by atoms with E-state index in [9.17, 15) is 19.7 Å². The molecule has 0 fully saturated rings. The lowest BCUT2D eigenvalue weighted by Crippen LogP contribution is -2.30. The highest BCUT2D eigenvalue weighted by atomic mass is 35.5. The maximum Gasteiger partial charge on any atom is 0.359 e. The maximum absolute atomic E-state index is 12.6. The van der Waals surface area contributed by atoms with Gasteiger partial charge in [-0.2, -0.15) is 5.10 Å². The third kappa shape index (κ3) is 5.04. The molecule has 0 bridgehead atoms. The Kier molecular flexibility index (Phi) is 6.30. The van der Waals surface area contributed by atoms with Crippen molar-refractivity contribution in [3.05, 3.63) is 74.7 Å². The van der Waals surface area contributed by atoms with E-state index >= 15 is 0 Å². The second-order valence-electron chi connectivity index (χ2n) is 6.68. The molecule has 2 aromatic heterocycles. The first kappa shape index (κ1) is 21.9. The van der Waals surface area contributed by atoms with E-state index in [2.05, 4.69) is 15.4 Å². The van der Waals surface area contributed by atoms with Crippen molar-refractivity contribution >= 4 is 34.9 Å². The number of anilines is 1. The summed E-state index contributed by atoms with van der Waals surface area (Å²) in [7, 11) is 0. The van der Waals surface area contributed by atoms with Crippen molar-refractivity contribution in [3.8, 4) is 5.82 Å². The van der Waals surface area contributed by atoms with Crippen LogP contribution in [-0.4, -0.2) is 37.7 Å². The van der Waals surface area contributed by atoms with Crippen molar-refractivity contribution in [3.63, 3.8) is 0 Å². The monoisotopic (exact) mass is 443 g/mol. The molecule has 0 aliphatic carbocycles. The Morgan fingerprint density at radius 2 is 1.97 bits per heavy atom. The van der Waals surface area contributed by atoms with Crippen LogP contribution in [0.4, 0.5) is 11.4 Å². The van der Waals surface area contributed by atoms with Gasteiger partial charge in [-0.15, -0.1) is 0 Å². The molecule has 1 amide bonds. The van der Waals surface area contributed by atoms with Crippen LogP contribution in [0.3, 0.4) is 0 Å². The summed E-state index contributed by atoms with van der Waals surface area (Å²) in [6.45, 7) is 5.04. The van der Waals surface area contributed by atoms with Crippen LogP contribution in [0.1, 0.15) is 28.8 Å². The van der Waals surface area contributed by atoms with Crippen molar-refractivity contribution in [2.45, 2.75) is 26.9 Å². The van der Waals surface area contributed by atoms with Crippen molar-refractivity contribution in [2.24, 2.45) is 0 Å². The number of aromatic nitrogens is 3. The van der Waals surface area contributed by atoms with Gasteiger partial charge in [0.1, 0.15) is 0 Å². The van der Waals surface area contributed by atoms with Crippen LogP contribution < -0.4 is 5.32 Å². The highest BCUT2D eigenvalue weighted by molar-refractivity contribution is 6.33. The zero-order valence-electron chi connectivity index (χ0n) is 16.8. The number of hydrogen-bond donors (Lipinski definition) is 1. The third-order valence-corrected chi connectivity index (χ3v) is 4.53. The second-order valence-corrected chi connectivity index (χ2v) is 7.09. The highest BCUT2D eigenvalue weighted by Crippen LogP contribution is 2.20. The van der Waals surface area contributed by atoms with Crippen LogP contribution in [0.25, 0.3) is 5.82 Å². The van der Waals surface area contributed by atoms with Gasteiger partial charge in [0.05, 0.1) is 15.6 Å². The molecule has 1 unspecified atom stereocenters. The fraction of sp³-hybridized carbons (Fsp3) is 0.200. The number of nitro benzene ring substituents is 1. The molecule has 1 aromatic carbocycles. The molecule has 0 saturated heterocycles. The van der Waals surface area contributed by atoms with E-state index in [0.717, 1.165) is 11.4 Å². The molecular formula is C20H18ClN5O5. The van der Waals surface area contributed by atoms with E-state index in [1.54, 1.807) is 10.7 Å². The van der Waals surface area contributed by atoms with Gasteiger partial charge in [-0.1, -0.05) is 17.7 Å². The minimum atomic E-state index is -1.21. The average molecular weight is 444 g/mol. The first-order valence-corrected chi connectivity index (χ1v) is 9.50. The van der Waals surface area contributed by atoms with E-state index in [-0.39, 0.29) is 22.1 Å². The number of nitro groups is 1. The van der Waals surface area contributed by atoms with Gasteiger partial charge in [-0.25, -0.2) is 14.5 Å². The molecule has 3 aromatic rings. The quantitative estimate of drug-likeness (QED) is 0.349. The van der Waals surface area contributed by atoms with E-state index < -0.39 is 22.9 Å². The molecule has 2 heterocycles. The molecular weight excluding hydrogens is 426 g/mol. The predicted octanol–water partition coefficient (Wildman–Crippen LogP) is 3.63. The molecule has 10 nitrogen and oxygen atoms in total. The maximum atomic E-state index is 12.6. The van der Waals surface area contributed by atoms with E-state index in [4.69, 9.17) is 16.3 Å². The Hall–Kier alpha value is -3.79. The normalized spacial score (nSPS) is 11.6. The van der Waals surface area contributed by atoms with Crippen molar-refractivity contribution in [1.29, 1.82) is 0 Å². The number of aryl methyl sites for hydroxylation is 2. The van der Waals surface area contributed by atoms with Gasteiger partial charge in [0.15, 0.2) is 17.6 Å². The number of benzene rings is 1. The standard InChI is InChI=1S/C20H18ClN5O5/c1-11-9-12(2)25(24-11)17-8-7-16(21)18(23-17)20(28)31-13(3)19(27)22-14-5-4-6-15(10-14)26(29)30/h4-10,13H,1-3H3,(H,22,27). The minimum absolute atomic E-state index is 0.0570. The van der Waals surface area contributed by atoms with Crippen LogP contribution >= 0.6 is 11.6 Å². The van der Waals surface area contributed by atoms with Gasteiger partial charge < -0.3 is 10.1 Å². The lowest BCUT2D eigenvalue weighted by atomic mass is 10.2. The topological polar surface area (TPSA) is 129 Å². The summed E-state index contributed by atoms with van der Waals surface area (Å²) in [5, 5.41) is 17.7. The Labute approximate surface area is 182 Å². The number of halogens is 1. The van der Waals surface area contributed by atoms with Gasteiger partial charge >= 0.3 is 5.97 Å². The number of nitrogens with zero attached hydrogens (tertiary/aromatic N) is 4. The van der Waals surface area contributed by atoms with E-state index in [1.165, 1.54) is 37.3 Å². The predicted molar refractivity (Wildman–Crippen MR) is 112 cm³/mol. The summed E-state index contributed by atoms with van der Waals surface area (Å²) in [6.07, 6.45) is -1.21. The Bertz CT molecular complexity index is 1180. The van der Waals surface area contributed by atoms with Gasteiger partial charge in [0.25, 0.3) is 11.6 Å². The summed E-state index contributed by atoms with van der Waals surface area (Å²) < 4.78 is 6.75. The molecule has 11 heteroatoms. The summed E-state index contributed by atoms with van der Waals surface area (Å²) in [5.74, 6) is -1.19. The van der Waals surface area contributed by atoms with Gasteiger partial charge in [0, 0.05) is 23.5 Å². The fourth-order valence-corrected chi connectivity index (χ4v) is 2.95. The number of pyridine rings is 1. The molecule has 1 N–H and O–H groups in total. The van der Waals surface area contributed by atoms with Crippen LogP contribution in [0.5, 0.6) is 0 Å². The van der Waals surface area contributed by atoms with Crippen molar-refractivity contribution in [2.75, 3.05) is 5.32 Å². The zero-order chi connectivity index (χ0) is 22.7. The summed E-state index contributed by atoms with van der Waals surface area (Å²) in [4.78, 5) is 39.4. The minimum Gasteiger partial charge on any atom is -0.448 e. The van der Waals surface area contributed by atoms with Gasteiger partial charge in [0.2, 0.25) is 0 Å². The van der Waals surface area contributed by atoms with E-state index in [0.29, 0.717) is 5.82 Å². The third-order valence-electron chi connectivity index (χ3n) is 4.23. The zero-order valence-corrected chi connectivity index (χ0v) is 17.6. The lowest BCUT2D eigenvalue weighted by molar-refractivity contribution is -0.384. The Morgan fingerprint density at radius 3 is 2.61 bits per heavy atom. The summed E-state index contributed by atoms with van der Waals surface area (Å²) in [6, 6.07) is 10.4. The van der Waals surface area contributed by atoms with Crippen LogP contribution in [0.15, 0.2) is 42.5 Å². The Morgan fingerprint density at radius 1 is 1.23 bits per heavy atom. The molecule has 31 heavy (non-hydrogen) atoms. The van der Waals surface area contributed by atoms with Gasteiger partial charge in [-0.3, -0.25) is 14.9 Å². The second kappa shape index (κ2) is 8.92. The van der Waals surface area contributed by atoms with Gasteiger partial charge in [-0.05, 0) is 45.0 Å². The molecule has 0 radical (unpaired) electrons. The van der Waals surface area contributed by atoms with Crippen LogP contribution in [-0.2, 0) is 9.53 Å². The van der Waals surface area contributed by atoms with Crippen LogP contribution in [0.2, 0.25) is 5.02 Å². The lowest BCUT2D eigenvalue weighted by Gasteiger charge is -2.14. The van der Waals surface area contributed by atoms with Crippen molar-refractivity contribution < 1.29 is 19.2 Å². The first-order chi connectivity index (χ1) is 14.7. The molecule has 0 aliphatic heterocycles. The number of nitrogens with one attached hydrogen (secondary N) is 1. The molecule has 1 atom stereocenters. The SMILES string of the molecule is Cc1cc(C)n(-c2ccc(Cl)c(C(=O)OC(C)C(=O)Nc3cccc([N+](=O)[O-])c3)n2)n1. The number of carbonyl (C=O) groups excluding carboxylic acids is 2. The number of non-ortho nitro benzene ring substituents is 1. The summed E-state index contributed by atoms with van der Waals surface area (Å²) >= 11 is 6.11. The first-order valence-electron chi connectivity index (χ1n) is 9.12. The molecule has 3 rings (SSSR count).